The van der Waals surface area contributed by atoms with E-state index in [9.17, 15) is 9.59 Å². The van der Waals surface area contributed by atoms with Gasteiger partial charge in [0.05, 0.1) is 18.9 Å². The summed E-state index contributed by atoms with van der Waals surface area (Å²) in [4.78, 5) is 27.6. The maximum Gasteiger partial charge on any atom is 0.262 e. The first-order valence-corrected chi connectivity index (χ1v) is 11.4. The minimum absolute atomic E-state index is 0.00825. The molecular formula is C25H28ClN3O3. The number of halogens is 1. The second kappa shape index (κ2) is 9.74. The van der Waals surface area contributed by atoms with Gasteiger partial charge in [0.1, 0.15) is 12.3 Å². The fourth-order valence-electron chi connectivity index (χ4n) is 4.50. The molecule has 0 N–H and O–H groups in total. The molecule has 7 heteroatoms. The van der Waals surface area contributed by atoms with Gasteiger partial charge in [-0.05, 0) is 42.7 Å². The van der Waals surface area contributed by atoms with Crippen LogP contribution in [-0.2, 0) is 9.59 Å². The van der Waals surface area contributed by atoms with Crippen LogP contribution in [0.1, 0.15) is 49.3 Å². The molecule has 1 heterocycles. The molecule has 4 rings (SSSR count). The summed E-state index contributed by atoms with van der Waals surface area (Å²) in [6, 6.07) is 14.9. The van der Waals surface area contributed by atoms with Gasteiger partial charge in [-0.3, -0.25) is 9.59 Å². The standard InChI is InChI=1S/C25H28ClN3O3/c1-28(25(31)18-6-3-4-7-18)16-24(30)29-23(17-10-12-20(26)13-11-17)15-22(27-29)19-8-5-9-21(14-19)32-2/h5,8-14,18,23H,3-4,6-7,15-16H2,1-2H3. The van der Waals surface area contributed by atoms with Crippen LogP contribution in [0.25, 0.3) is 0 Å². The molecule has 0 saturated heterocycles. The quantitative estimate of drug-likeness (QED) is 0.638. The Bertz CT molecular complexity index is 1020. The van der Waals surface area contributed by atoms with E-state index in [0.717, 1.165) is 48.3 Å². The van der Waals surface area contributed by atoms with Crippen molar-refractivity contribution in [1.29, 1.82) is 0 Å². The molecule has 168 valence electrons. The number of methoxy groups -OCH3 is 1. The summed E-state index contributed by atoms with van der Waals surface area (Å²) in [6.07, 6.45) is 4.55. The first kappa shape index (κ1) is 22.3. The van der Waals surface area contributed by atoms with Crippen molar-refractivity contribution in [1.82, 2.24) is 9.91 Å². The Labute approximate surface area is 193 Å². The van der Waals surface area contributed by atoms with E-state index in [0.29, 0.717) is 11.4 Å². The normalized spacial score (nSPS) is 18.5. The Morgan fingerprint density at radius 1 is 1.16 bits per heavy atom. The Kier molecular flexibility index (Phi) is 6.80. The Morgan fingerprint density at radius 3 is 2.56 bits per heavy atom. The van der Waals surface area contributed by atoms with Crippen molar-refractivity contribution in [2.75, 3.05) is 20.7 Å². The molecule has 0 bridgehead atoms. The second-order valence-electron chi connectivity index (χ2n) is 8.46. The number of benzene rings is 2. The van der Waals surface area contributed by atoms with Gasteiger partial charge in [-0.25, -0.2) is 5.01 Å². The molecule has 1 aliphatic carbocycles. The number of carbonyl (C=O) groups excluding carboxylic acids is 2. The van der Waals surface area contributed by atoms with Crippen LogP contribution in [-0.4, -0.2) is 48.1 Å². The SMILES string of the molecule is COc1cccc(C2=NN(C(=O)CN(C)C(=O)C3CCCC3)C(c3ccc(Cl)cc3)C2)c1. The van der Waals surface area contributed by atoms with Crippen LogP contribution in [0.2, 0.25) is 5.02 Å². The van der Waals surface area contributed by atoms with Gasteiger partial charge in [0.15, 0.2) is 0 Å². The minimum atomic E-state index is -0.254. The molecule has 32 heavy (non-hydrogen) atoms. The summed E-state index contributed by atoms with van der Waals surface area (Å²) < 4.78 is 5.35. The number of hydrogen-bond acceptors (Lipinski definition) is 4. The number of ether oxygens (including phenoxy) is 1. The van der Waals surface area contributed by atoms with Gasteiger partial charge in [-0.2, -0.15) is 5.10 Å². The number of amides is 2. The number of likely N-dealkylation sites (N-methyl/N-ethyl adjacent to an activating group) is 1. The predicted molar refractivity (Wildman–Crippen MR) is 125 cm³/mol. The highest BCUT2D eigenvalue weighted by molar-refractivity contribution is 6.30. The first-order chi connectivity index (χ1) is 15.5. The molecule has 2 aromatic rings. The minimum Gasteiger partial charge on any atom is -0.497 e. The zero-order valence-corrected chi connectivity index (χ0v) is 19.2. The lowest BCUT2D eigenvalue weighted by Crippen LogP contribution is -2.41. The van der Waals surface area contributed by atoms with Crippen LogP contribution in [0, 0.1) is 5.92 Å². The maximum atomic E-state index is 13.3. The van der Waals surface area contributed by atoms with E-state index in [2.05, 4.69) is 0 Å². The third-order valence-corrected chi connectivity index (χ3v) is 6.53. The van der Waals surface area contributed by atoms with Crippen molar-refractivity contribution < 1.29 is 14.3 Å². The smallest absolute Gasteiger partial charge is 0.262 e. The average molecular weight is 454 g/mol. The molecule has 1 saturated carbocycles. The summed E-state index contributed by atoms with van der Waals surface area (Å²) in [5.41, 5.74) is 2.67. The van der Waals surface area contributed by atoms with E-state index in [-0.39, 0.29) is 30.3 Å². The zero-order valence-electron chi connectivity index (χ0n) is 18.5. The van der Waals surface area contributed by atoms with Gasteiger partial charge in [-0.15, -0.1) is 0 Å². The van der Waals surface area contributed by atoms with Crippen LogP contribution in [0.15, 0.2) is 53.6 Å². The molecule has 1 aliphatic heterocycles. The second-order valence-corrected chi connectivity index (χ2v) is 8.90. The highest BCUT2D eigenvalue weighted by Crippen LogP contribution is 2.34. The van der Waals surface area contributed by atoms with Crippen molar-refractivity contribution in [3.63, 3.8) is 0 Å². The molecule has 0 aromatic heterocycles. The molecular weight excluding hydrogens is 426 g/mol. The van der Waals surface area contributed by atoms with E-state index in [1.54, 1.807) is 19.1 Å². The number of carbonyl (C=O) groups is 2. The van der Waals surface area contributed by atoms with E-state index >= 15 is 0 Å². The monoisotopic (exact) mass is 453 g/mol. The lowest BCUT2D eigenvalue weighted by molar-refractivity contribution is -0.142. The fourth-order valence-corrected chi connectivity index (χ4v) is 4.63. The third kappa shape index (κ3) is 4.80. The fraction of sp³-hybridized carbons (Fsp3) is 0.400. The number of hydrazone groups is 1. The molecule has 2 aromatic carbocycles. The molecule has 6 nitrogen and oxygen atoms in total. The molecule has 0 spiro atoms. The zero-order chi connectivity index (χ0) is 22.7. The van der Waals surface area contributed by atoms with Gasteiger partial charge in [-0.1, -0.05) is 48.7 Å². The largest absolute Gasteiger partial charge is 0.497 e. The van der Waals surface area contributed by atoms with Crippen molar-refractivity contribution in [2.24, 2.45) is 11.0 Å². The van der Waals surface area contributed by atoms with Crippen LogP contribution in [0.5, 0.6) is 5.75 Å². The summed E-state index contributed by atoms with van der Waals surface area (Å²) in [5.74, 6) is 0.626. The topological polar surface area (TPSA) is 62.2 Å². The lowest BCUT2D eigenvalue weighted by Gasteiger charge is -2.26. The summed E-state index contributed by atoms with van der Waals surface area (Å²) in [5, 5.41) is 6.86. The highest BCUT2D eigenvalue weighted by Gasteiger charge is 2.35. The third-order valence-electron chi connectivity index (χ3n) is 6.28. The van der Waals surface area contributed by atoms with Crippen molar-refractivity contribution in [2.45, 2.75) is 38.1 Å². The van der Waals surface area contributed by atoms with Gasteiger partial charge in [0.25, 0.3) is 5.91 Å². The molecule has 0 radical (unpaired) electrons. The van der Waals surface area contributed by atoms with Gasteiger partial charge >= 0.3 is 0 Å². The van der Waals surface area contributed by atoms with E-state index in [4.69, 9.17) is 21.4 Å². The molecule has 1 fully saturated rings. The average Bonchev–Trinajstić information content (AvgIpc) is 3.50. The predicted octanol–water partition coefficient (Wildman–Crippen LogP) is 4.67. The lowest BCUT2D eigenvalue weighted by atomic mass is 9.98. The molecule has 1 unspecified atom stereocenters. The van der Waals surface area contributed by atoms with Crippen LogP contribution >= 0.6 is 11.6 Å². The summed E-state index contributed by atoms with van der Waals surface area (Å²) in [7, 11) is 3.33. The molecule has 1 atom stereocenters. The van der Waals surface area contributed by atoms with Crippen LogP contribution in [0.4, 0.5) is 0 Å². The van der Waals surface area contributed by atoms with Crippen molar-refractivity contribution in [3.8, 4) is 5.75 Å². The van der Waals surface area contributed by atoms with E-state index < -0.39 is 0 Å². The highest BCUT2D eigenvalue weighted by atomic mass is 35.5. The van der Waals surface area contributed by atoms with Crippen molar-refractivity contribution in [3.05, 3.63) is 64.7 Å². The molecule has 2 aliphatic rings. The Morgan fingerprint density at radius 2 is 1.88 bits per heavy atom. The van der Waals surface area contributed by atoms with Gasteiger partial charge in [0, 0.05) is 30.0 Å². The summed E-state index contributed by atoms with van der Waals surface area (Å²) >= 11 is 6.07. The van der Waals surface area contributed by atoms with Gasteiger partial charge < -0.3 is 9.64 Å². The Hall–Kier alpha value is -2.86. The van der Waals surface area contributed by atoms with Gasteiger partial charge in [0.2, 0.25) is 5.91 Å². The number of hydrogen-bond donors (Lipinski definition) is 0. The number of nitrogens with zero attached hydrogens (tertiary/aromatic N) is 3. The maximum absolute atomic E-state index is 13.3. The van der Waals surface area contributed by atoms with Crippen LogP contribution in [0.3, 0.4) is 0 Å². The molecule has 2 amide bonds. The van der Waals surface area contributed by atoms with Crippen LogP contribution < -0.4 is 4.74 Å². The first-order valence-electron chi connectivity index (χ1n) is 11.0. The van der Waals surface area contributed by atoms with E-state index in [1.165, 1.54) is 5.01 Å². The Balaban J connectivity index is 1.58. The number of rotatable bonds is 6. The van der Waals surface area contributed by atoms with E-state index in [1.807, 2.05) is 48.5 Å². The van der Waals surface area contributed by atoms with Crippen molar-refractivity contribution >= 4 is 29.1 Å². The summed E-state index contributed by atoms with van der Waals surface area (Å²) in [6.45, 7) is 0.00825.